The SMILES string of the molecule is COc1ccc([C@@H](CSC(C)(C)C)N[C@@H](C)C(=O)OC(C)(C)C)cc1. The van der Waals surface area contributed by atoms with Crippen molar-refractivity contribution in [3.05, 3.63) is 29.8 Å². The summed E-state index contributed by atoms with van der Waals surface area (Å²) in [5, 5.41) is 3.43. The van der Waals surface area contributed by atoms with E-state index in [0.717, 1.165) is 17.1 Å². The van der Waals surface area contributed by atoms with Crippen molar-refractivity contribution in [1.29, 1.82) is 0 Å². The summed E-state index contributed by atoms with van der Waals surface area (Å²) in [6, 6.07) is 7.65. The highest BCUT2D eigenvalue weighted by molar-refractivity contribution is 8.00. The van der Waals surface area contributed by atoms with Gasteiger partial charge in [-0.05, 0) is 45.4 Å². The molecule has 5 heteroatoms. The van der Waals surface area contributed by atoms with Crippen LogP contribution in [0.2, 0.25) is 0 Å². The van der Waals surface area contributed by atoms with Gasteiger partial charge in [-0.3, -0.25) is 10.1 Å². The molecule has 4 nitrogen and oxygen atoms in total. The predicted octanol–water partition coefficient (Wildman–Crippen LogP) is 4.59. The van der Waals surface area contributed by atoms with Crippen LogP contribution in [0.25, 0.3) is 0 Å². The van der Waals surface area contributed by atoms with Crippen molar-refractivity contribution in [1.82, 2.24) is 5.32 Å². The Morgan fingerprint density at radius 2 is 1.68 bits per heavy atom. The zero-order valence-electron chi connectivity index (χ0n) is 16.8. The molecule has 2 atom stereocenters. The molecule has 0 aliphatic carbocycles. The first-order valence-electron chi connectivity index (χ1n) is 8.68. The summed E-state index contributed by atoms with van der Waals surface area (Å²) in [5.41, 5.74) is 0.649. The Labute approximate surface area is 157 Å². The Kier molecular flexibility index (Phi) is 7.82. The Morgan fingerprint density at radius 1 is 1.12 bits per heavy atom. The second-order valence-corrected chi connectivity index (χ2v) is 10.0. The molecule has 0 aromatic heterocycles. The van der Waals surface area contributed by atoms with Crippen LogP contribution in [0, 0.1) is 0 Å². The van der Waals surface area contributed by atoms with Crippen molar-refractivity contribution < 1.29 is 14.3 Å². The molecule has 25 heavy (non-hydrogen) atoms. The van der Waals surface area contributed by atoms with Crippen LogP contribution in [0.3, 0.4) is 0 Å². The predicted molar refractivity (Wildman–Crippen MR) is 106 cm³/mol. The van der Waals surface area contributed by atoms with E-state index in [1.165, 1.54) is 0 Å². The summed E-state index contributed by atoms with van der Waals surface area (Å²) in [7, 11) is 1.66. The first kappa shape index (κ1) is 21.8. The molecular formula is C20H33NO3S. The number of nitrogens with one attached hydrogen (secondary N) is 1. The minimum absolute atomic E-state index is 0.0534. The topological polar surface area (TPSA) is 47.6 Å². The fraction of sp³-hybridized carbons (Fsp3) is 0.650. The molecule has 0 saturated carbocycles. The minimum Gasteiger partial charge on any atom is -0.497 e. The molecule has 0 spiro atoms. The van der Waals surface area contributed by atoms with E-state index in [2.05, 4.69) is 26.1 Å². The summed E-state index contributed by atoms with van der Waals surface area (Å²) in [6.45, 7) is 14.1. The van der Waals surface area contributed by atoms with Gasteiger partial charge in [0.2, 0.25) is 0 Å². The molecular weight excluding hydrogens is 334 g/mol. The number of hydrogen-bond donors (Lipinski definition) is 1. The van der Waals surface area contributed by atoms with E-state index in [1.807, 2.05) is 63.7 Å². The van der Waals surface area contributed by atoms with E-state index in [4.69, 9.17) is 9.47 Å². The van der Waals surface area contributed by atoms with Gasteiger partial charge in [0.1, 0.15) is 17.4 Å². The molecule has 1 aromatic rings. The van der Waals surface area contributed by atoms with E-state index in [0.29, 0.717) is 0 Å². The van der Waals surface area contributed by atoms with E-state index < -0.39 is 5.60 Å². The van der Waals surface area contributed by atoms with Gasteiger partial charge in [-0.1, -0.05) is 32.9 Å². The third kappa shape index (κ3) is 8.63. The first-order chi connectivity index (χ1) is 11.4. The van der Waals surface area contributed by atoms with Crippen molar-refractivity contribution in [3.63, 3.8) is 0 Å². The molecule has 0 aliphatic rings. The quantitative estimate of drug-likeness (QED) is 0.714. The van der Waals surface area contributed by atoms with Crippen LogP contribution >= 0.6 is 11.8 Å². The minimum atomic E-state index is -0.483. The van der Waals surface area contributed by atoms with Crippen LogP contribution in [-0.4, -0.2) is 35.2 Å². The van der Waals surface area contributed by atoms with Crippen LogP contribution in [-0.2, 0) is 9.53 Å². The molecule has 0 heterocycles. The molecule has 0 aliphatic heterocycles. The number of benzene rings is 1. The summed E-state index contributed by atoms with van der Waals surface area (Å²) in [6.07, 6.45) is 0. The fourth-order valence-electron chi connectivity index (χ4n) is 2.17. The lowest BCUT2D eigenvalue weighted by atomic mass is 10.1. The zero-order valence-corrected chi connectivity index (χ0v) is 17.6. The number of rotatable bonds is 7. The molecule has 0 fully saturated rings. The van der Waals surface area contributed by atoms with E-state index in [9.17, 15) is 4.79 Å². The molecule has 142 valence electrons. The van der Waals surface area contributed by atoms with Crippen LogP contribution < -0.4 is 10.1 Å². The highest BCUT2D eigenvalue weighted by Crippen LogP contribution is 2.29. The maximum atomic E-state index is 12.3. The monoisotopic (exact) mass is 367 g/mol. The van der Waals surface area contributed by atoms with Crippen molar-refractivity contribution in [3.8, 4) is 5.75 Å². The Balaban J connectivity index is 2.87. The molecule has 0 amide bonds. The molecule has 1 N–H and O–H groups in total. The fourth-order valence-corrected chi connectivity index (χ4v) is 3.13. The molecule has 0 radical (unpaired) electrons. The number of ether oxygens (including phenoxy) is 2. The highest BCUT2D eigenvalue weighted by atomic mass is 32.2. The van der Waals surface area contributed by atoms with Crippen molar-refractivity contribution in [2.75, 3.05) is 12.9 Å². The van der Waals surface area contributed by atoms with E-state index >= 15 is 0 Å². The smallest absolute Gasteiger partial charge is 0.323 e. The lowest BCUT2D eigenvalue weighted by Gasteiger charge is -2.28. The van der Waals surface area contributed by atoms with Crippen LogP contribution in [0.1, 0.15) is 60.1 Å². The largest absolute Gasteiger partial charge is 0.497 e. The Hall–Kier alpha value is -1.20. The number of thioether (sulfide) groups is 1. The third-order valence-corrected chi connectivity index (χ3v) is 4.78. The van der Waals surface area contributed by atoms with Crippen LogP contribution in [0.5, 0.6) is 5.75 Å². The molecule has 0 unspecified atom stereocenters. The standard InChI is InChI=1S/C20H33NO3S/c1-14(18(22)24-19(2,3)4)21-17(13-25-20(5,6)7)15-9-11-16(23-8)12-10-15/h9-12,14,17,21H,13H2,1-8H3/t14-,17+/m0/s1. The van der Waals surface area contributed by atoms with Crippen LogP contribution in [0.15, 0.2) is 24.3 Å². The van der Waals surface area contributed by atoms with Crippen LogP contribution in [0.4, 0.5) is 0 Å². The second-order valence-electron chi connectivity index (χ2n) is 8.17. The molecule has 0 bridgehead atoms. The average Bonchev–Trinajstić information content (AvgIpc) is 2.48. The van der Waals surface area contributed by atoms with Gasteiger partial charge >= 0.3 is 5.97 Å². The lowest BCUT2D eigenvalue weighted by molar-refractivity contribution is -0.157. The van der Waals surface area contributed by atoms with Gasteiger partial charge in [-0.15, -0.1) is 0 Å². The lowest BCUT2D eigenvalue weighted by Crippen LogP contribution is -2.41. The number of methoxy groups -OCH3 is 1. The van der Waals surface area contributed by atoms with Crippen molar-refractivity contribution in [2.45, 2.75) is 70.9 Å². The Bertz CT molecular complexity index is 544. The van der Waals surface area contributed by atoms with Gasteiger partial charge in [0.05, 0.1) is 7.11 Å². The highest BCUT2D eigenvalue weighted by Gasteiger charge is 2.25. The zero-order chi connectivity index (χ0) is 19.3. The number of carbonyl (C=O) groups excluding carboxylic acids is 1. The summed E-state index contributed by atoms with van der Waals surface area (Å²) in [4.78, 5) is 12.3. The second kappa shape index (κ2) is 8.95. The summed E-state index contributed by atoms with van der Waals surface area (Å²) < 4.78 is 10.9. The van der Waals surface area contributed by atoms with Crippen molar-refractivity contribution in [2.24, 2.45) is 0 Å². The number of esters is 1. The van der Waals surface area contributed by atoms with E-state index in [-0.39, 0.29) is 22.8 Å². The molecule has 1 rings (SSSR count). The number of carbonyl (C=O) groups is 1. The van der Waals surface area contributed by atoms with Gasteiger partial charge in [-0.25, -0.2) is 0 Å². The van der Waals surface area contributed by atoms with Gasteiger partial charge < -0.3 is 9.47 Å². The molecule has 1 aromatic carbocycles. The maximum Gasteiger partial charge on any atom is 0.323 e. The van der Waals surface area contributed by atoms with Gasteiger partial charge in [-0.2, -0.15) is 11.8 Å². The summed E-state index contributed by atoms with van der Waals surface area (Å²) in [5.74, 6) is 1.46. The average molecular weight is 368 g/mol. The van der Waals surface area contributed by atoms with Gasteiger partial charge in [0.15, 0.2) is 0 Å². The van der Waals surface area contributed by atoms with Gasteiger partial charge in [0.25, 0.3) is 0 Å². The summed E-state index contributed by atoms with van der Waals surface area (Å²) >= 11 is 1.87. The number of hydrogen-bond acceptors (Lipinski definition) is 5. The first-order valence-corrected chi connectivity index (χ1v) is 9.66. The molecule has 0 saturated heterocycles. The van der Waals surface area contributed by atoms with E-state index in [1.54, 1.807) is 7.11 Å². The van der Waals surface area contributed by atoms with Gasteiger partial charge in [0, 0.05) is 16.5 Å². The maximum absolute atomic E-state index is 12.3. The normalized spacial score (nSPS) is 14.7. The Morgan fingerprint density at radius 3 is 2.12 bits per heavy atom. The van der Waals surface area contributed by atoms with Crippen molar-refractivity contribution >= 4 is 17.7 Å². The third-order valence-electron chi connectivity index (χ3n) is 3.41.